The van der Waals surface area contributed by atoms with E-state index in [2.05, 4.69) is 27.1 Å². The first kappa shape index (κ1) is 13.3. The Morgan fingerprint density at radius 1 is 1.35 bits per heavy atom. The van der Waals surface area contributed by atoms with Gasteiger partial charge in [0, 0.05) is 50.1 Å². The summed E-state index contributed by atoms with van der Waals surface area (Å²) >= 11 is 0. The summed E-state index contributed by atoms with van der Waals surface area (Å²) in [6, 6.07) is 6.14. The monoisotopic (exact) mass is 272 g/mol. The summed E-state index contributed by atoms with van der Waals surface area (Å²) in [4.78, 5) is 6.93. The number of aromatic nitrogens is 3. The summed E-state index contributed by atoms with van der Waals surface area (Å²) in [7, 11) is 1.95. The number of aliphatic hydroxyl groups excluding tert-OH is 1. The van der Waals surface area contributed by atoms with Gasteiger partial charge in [-0.2, -0.15) is 5.10 Å². The lowest BCUT2D eigenvalue weighted by Crippen LogP contribution is -2.31. The molecule has 0 aromatic carbocycles. The normalized spacial score (nSPS) is 15.3. The van der Waals surface area contributed by atoms with Crippen LogP contribution in [0.1, 0.15) is 28.3 Å². The van der Waals surface area contributed by atoms with Crippen molar-refractivity contribution in [3.8, 4) is 0 Å². The van der Waals surface area contributed by atoms with Crippen LogP contribution in [0.3, 0.4) is 0 Å². The Morgan fingerprint density at radius 2 is 2.20 bits per heavy atom. The summed E-state index contributed by atoms with van der Waals surface area (Å²) in [5.74, 6) is 0. The largest absolute Gasteiger partial charge is 0.390 e. The zero-order chi connectivity index (χ0) is 14.1. The molecule has 0 saturated heterocycles. The number of aliphatic hydroxyl groups is 1. The lowest BCUT2D eigenvalue weighted by molar-refractivity contribution is 0.234. The third-order valence-corrected chi connectivity index (χ3v) is 3.89. The summed E-state index contributed by atoms with van der Waals surface area (Å²) in [6.07, 6.45) is 0.977. The van der Waals surface area contributed by atoms with Crippen molar-refractivity contribution in [3.05, 3.63) is 46.5 Å². The number of hydrogen-bond donors (Lipinski definition) is 1. The maximum absolute atomic E-state index is 9.41. The van der Waals surface area contributed by atoms with E-state index in [9.17, 15) is 5.11 Å². The third-order valence-electron chi connectivity index (χ3n) is 3.89. The highest BCUT2D eigenvalue weighted by molar-refractivity contribution is 5.28. The van der Waals surface area contributed by atoms with Gasteiger partial charge in [0.05, 0.1) is 18.0 Å². The molecule has 2 aromatic heterocycles. The zero-order valence-corrected chi connectivity index (χ0v) is 12.0. The Morgan fingerprint density at radius 3 is 2.95 bits per heavy atom. The van der Waals surface area contributed by atoms with Crippen molar-refractivity contribution in [2.75, 3.05) is 6.54 Å². The van der Waals surface area contributed by atoms with E-state index in [-0.39, 0.29) is 6.61 Å². The highest BCUT2D eigenvalue weighted by atomic mass is 16.3. The zero-order valence-electron chi connectivity index (χ0n) is 12.0. The van der Waals surface area contributed by atoms with Gasteiger partial charge in [0.1, 0.15) is 0 Å². The molecule has 0 spiro atoms. The fourth-order valence-corrected chi connectivity index (χ4v) is 2.90. The quantitative estimate of drug-likeness (QED) is 0.911. The van der Waals surface area contributed by atoms with Crippen molar-refractivity contribution in [2.45, 2.75) is 33.0 Å². The van der Waals surface area contributed by atoms with E-state index in [1.807, 2.05) is 24.7 Å². The van der Waals surface area contributed by atoms with Crippen molar-refractivity contribution in [1.82, 2.24) is 19.7 Å². The molecule has 0 fully saturated rings. The molecule has 0 bridgehead atoms. The van der Waals surface area contributed by atoms with Gasteiger partial charge in [-0.05, 0) is 19.1 Å². The standard InChI is InChI=1S/C15H20N4O/c1-11-4-3-5-12(16-11)8-19-7-6-15-13(9-19)14(10-20)17-18(15)2/h3-5,20H,6-10H2,1-2H3. The fourth-order valence-electron chi connectivity index (χ4n) is 2.90. The molecule has 1 N–H and O–H groups in total. The molecular formula is C15H20N4O. The van der Waals surface area contributed by atoms with E-state index >= 15 is 0 Å². The van der Waals surface area contributed by atoms with Gasteiger partial charge in [0.25, 0.3) is 0 Å². The molecule has 0 amide bonds. The van der Waals surface area contributed by atoms with Gasteiger partial charge in [0.15, 0.2) is 0 Å². The summed E-state index contributed by atoms with van der Waals surface area (Å²) < 4.78 is 1.91. The highest BCUT2D eigenvalue weighted by Crippen LogP contribution is 2.23. The maximum atomic E-state index is 9.41. The minimum absolute atomic E-state index is 0.0136. The molecule has 2 aromatic rings. The lowest BCUT2D eigenvalue weighted by Gasteiger charge is -2.27. The molecule has 1 aliphatic heterocycles. The van der Waals surface area contributed by atoms with E-state index in [0.717, 1.165) is 43.1 Å². The molecule has 5 heteroatoms. The van der Waals surface area contributed by atoms with E-state index in [1.54, 1.807) is 0 Å². The van der Waals surface area contributed by atoms with E-state index in [0.29, 0.717) is 0 Å². The van der Waals surface area contributed by atoms with Crippen LogP contribution in [0.25, 0.3) is 0 Å². The predicted molar refractivity (Wildman–Crippen MR) is 75.9 cm³/mol. The predicted octanol–water partition coefficient (Wildman–Crippen LogP) is 1.17. The number of rotatable bonds is 3. The molecule has 20 heavy (non-hydrogen) atoms. The SMILES string of the molecule is Cc1cccc(CN2CCc3c(c(CO)nn3C)C2)n1. The molecule has 0 radical (unpaired) electrons. The topological polar surface area (TPSA) is 54.2 Å². The Labute approximate surface area is 118 Å². The van der Waals surface area contributed by atoms with Crippen LogP contribution in [0, 0.1) is 6.92 Å². The number of aryl methyl sites for hydroxylation is 2. The molecule has 5 nitrogen and oxygen atoms in total. The molecular weight excluding hydrogens is 252 g/mol. The minimum atomic E-state index is 0.0136. The maximum Gasteiger partial charge on any atom is 0.0926 e. The smallest absolute Gasteiger partial charge is 0.0926 e. The van der Waals surface area contributed by atoms with Crippen molar-refractivity contribution in [2.24, 2.45) is 7.05 Å². The first-order valence-corrected chi connectivity index (χ1v) is 6.96. The Balaban J connectivity index is 1.78. The second kappa shape index (κ2) is 5.34. The second-order valence-electron chi connectivity index (χ2n) is 5.38. The van der Waals surface area contributed by atoms with Crippen LogP contribution < -0.4 is 0 Å². The molecule has 0 atom stereocenters. The van der Waals surface area contributed by atoms with Gasteiger partial charge < -0.3 is 5.11 Å². The van der Waals surface area contributed by atoms with Crippen molar-refractivity contribution < 1.29 is 5.11 Å². The first-order chi connectivity index (χ1) is 9.67. The number of nitrogens with zero attached hydrogens (tertiary/aromatic N) is 4. The van der Waals surface area contributed by atoms with Crippen molar-refractivity contribution in [1.29, 1.82) is 0 Å². The van der Waals surface area contributed by atoms with Crippen LogP contribution in [0.4, 0.5) is 0 Å². The summed E-state index contributed by atoms with van der Waals surface area (Å²) in [6.45, 7) is 4.73. The summed E-state index contributed by atoms with van der Waals surface area (Å²) in [5, 5.41) is 13.8. The molecule has 1 aliphatic rings. The highest BCUT2D eigenvalue weighted by Gasteiger charge is 2.23. The number of hydrogen-bond acceptors (Lipinski definition) is 4. The van der Waals surface area contributed by atoms with Crippen LogP contribution in [-0.2, 0) is 33.2 Å². The van der Waals surface area contributed by atoms with Gasteiger partial charge in [-0.3, -0.25) is 14.6 Å². The lowest BCUT2D eigenvalue weighted by atomic mass is 10.1. The Bertz CT molecular complexity index is 620. The van der Waals surface area contributed by atoms with Gasteiger partial charge in [-0.25, -0.2) is 0 Å². The third kappa shape index (κ3) is 2.46. The average molecular weight is 272 g/mol. The Hall–Kier alpha value is -1.72. The van der Waals surface area contributed by atoms with E-state index in [4.69, 9.17) is 0 Å². The number of pyridine rings is 1. The van der Waals surface area contributed by atoms with Gasteiger partial charge in [-0.15, -0.1) is 0 Å². The van der Waals surface area contributed by atoms with Crippen LogP contribution in [0.5, 0.6) is 0 Å². The van der Waals surface area contributed by atoms with Crippen molar-refractivity contribution >= 4 is 0 Å². The van der Waals surface area contributed by atoms with Crippen LogP contribution in [-0.4, -0.2) is 31.3 Å². The van der Waals surface area contributed by atoms with Crippen LogP contribution in [0.15, 0.2) is 18.2 Å². The van der Waals surface area contributed by atoms with Crippen LogP contribution in [0.2, 0.25) is 0 Å². The number of fused-ring (bicyclic) bond motifs is 1. The molecule has 3 heterocycles. The Kier molecular flexibility index (Phi) is 3.54. The van der Waals surface area contributed by atoms with Gasteiger partial charge in [-0.1, -0.05) is 6.07 Å². The molecule has 0 saturated carbocycles. The summed E-state index contributed by atoms with van der Waals surface area (Å²) in [5.41, 5.74) is 5.40. The molecule has 106 valence electrons. The molecule has 0 unspecified atom stereocenters. The first-order valence-electron chi connectivity index (χ1n) is 6.96. The average Bonchev–Trinajstić information content (AvgIpc) is 2.75. The van der Waals surface area contributed by atoms with Gasteiger partial charge >= 0.3 is 0 Å². The van der Waals surface area contributed by atoms with E-state index < -0.39 is 0 Å². The van der Waals surface area contributed by atoms with E-state index in [1.165, 1.54) is 11.3 Å². The molecule has 0 aliphatic carbocycles. The second-order valence-corrected chi connectivity index (χ2v) is 5.38. The fraction of sp³-hybridized carbons (Fsp3) is 0.467. The van der Waals surface area contributed by atoms with Gasteiger partial charge in [0.2, 0.25) is 0 Å². The molecule has 3 rings (SSSR count). The van der Waals surface area contributed by atoms with Crippen molar-refractivity contribution in [3.63, 3.8) is 0 Å². The minimum Gasteiger partial charge on any atom is -0.390 e. The van der Waals surface area contributed by atoms with Crippen LogP contribution >= 0.6 is 0 Å².